The standard InChI is InChI=1S/C21H26N2O3/c1-13(14-2-3-14)19(25)22-11-17-10-16(22)12-23(17)20(26)21(8-9-21)15-4-6-18(24)7-5-15/h4-7,13-14,16-17,24H,2-3,8-12H2,1H3/t13?,16-,17-/m0/s1. The molecular formula is C21H26N2O3. The number of rotatable bonds is 4. The van der Waals surface area contributed by atoms with Gasteiger partial charge in [-0.1, -0.05) is 19.1 Å². The summed E-state index contributed by atoms with van der Waals surface area (Å²) in [6, 6.07) is 7.46. The van der Waals surface area contributed by atoms with Crippen molar-refractivity contribution in [3.05, 3.63) is 29.8 Å². The predicted octanol–water partition coefficient (Wildman–Crippen LogP) is 2.28. The van der Waals surface area contributed by atoms with Crippen LogP contribution in [0.1, 0.15) is 44.6 Å². The number of nitrogens with zero attached hydrogens (tertiary/aromatic N) is 2. The maximum atomic E-state index is 13.3. The molecular weight excluding hydrogens is 328 g/mol. The zero-order valence-corrected chi connectivity index (χ0v) is 15.2. The average Bonchev–Trinajstić information content (AvgIpc) is 3.57. The highest BCUT2D eigenvalue weighted by Crippen LogP contribution is 2.51. The van der Waals surface area contributed by atoms with Crippen LogP contribution < -0.4 is 0 Å². The summed E-state index contributed by atoms with van der Waals surface area (Å²) in [6.07, 6.45) is 5.07. The van der Waals surface area contributed by atoms with Crippen LogP contribution in [0.5, 0.6) is 5.75 Å². The van der Waals surface area contributed by atoms with Gasteiger partial charge in [0.1, 0.15) is 5.75 Å². The topological polar surface area (TPSA) is 60.9 Å². The molecule has 3 atom stereocenters. The van der Waals surface area contributed by atoms with Crippen molar-refractivity contribution in [1.29, 1.82) is 0 Å². The molecule has 138 valence electrons. The van der Waals surface area contributed by atoms with Crippen molar-refractivity contribution in [3.8, 4) is 5.75 Å². The van der Waals surface area contributed by atoms with Crippen LogP contribution in [0.15, 0.2) is 24.3 Å². The Morgan fingerprint density at radius 1 is 1.08 bits per heavy atom. The molecule has 0 aromatic heterocycles. The molecule has 5 rings (SSSR count). The molecule has 2 bridgehead atoms. The van der Waals surface area contributed by atoms with Crippen LogP contribution in [-0.2, 0) is 15.0 Å². The molecule has 2 amide bonds. The van der Waals surface area contributed by atoms with E-state index in [1.54, 1.807) is 12.1 Å². The Hall–Kier alpha value is -2.04. The van der Waals surface area contributed by atoms with Gasteiger partial charge >= 0.3 is 0 Å². The molecule has 0 radical (unpaired) electrons. The first kappa shape index (κ1) is 16.2. The lowest BCUT2D eigenvalue weighted by molar-refractivity contribution is -0.143. The first-order valence-corrected chi connectivity index (χ1v) is 9.91. The average molecular weight is 354 g/mol. The molecule has 2 saturated carbocycles. The Bertz CT molecular complexity index is 751. The predicted molar refractivity (Wildman–Crippen MR) is 96.5 cm³/mol. The minimum atomic E-state index is -0.395. The third kappa shape index (κ3) is 2.36. The van der Waals surface area contributed by atoms with Crippen LogP contribution in [0.2, 0.25) is 0 Å². The third-order valence-corrected chi connectivity index (χ3v) is 7.08. The van der Waals surface area contributed by atoms with Crippen LogP contribution in [0.4, 0.5) is 0 Å². The molecule has 1 aromatic carbocycles. The zero-order chi connectivity index (χ0) is 18.1. The lowest BCUT2D eigenvalue weighted by atomic mass is 9.93. The Balaban J connectivity index is 1.29. The summed E-state index contributed by atoms with van der Waals surface area (Å²) in [6.45, 7) is 3.46. The van der Waals surface area contributed by atoms with Gasteiger partial charge in [0.05, 0.1) is 17.5 Å². The van der Waals surface area contributed by atoms with Crippen molar-refractivity contribution in [2.45, 2.75) is 56.5 Å². The molecule has 2 heterocycles. The lowest BCUT2D eigenvalue weighted by Crippen LogP contribution is -2.54. The summed E-state index contributed by atoms with van der Waals surface area (Å²) in [5.41, 5.74) is 0.618. The molecule has 5 heteroatoms. The van der Waals surface area contributed by atoms with Crippen LogP contribution in [0.25, 0.3) is 0 Å². The third-order valence-electron chi connectivity index (χ3n) is 7.08. The number of piperazine rings is 1. The number of hydrogen-bond acceptors (Lipinski definition) is 3. The Kier molecular flexibility index (Phi) is 3.40. The second kappa shape index (κ2) is 5.48. The van der Waals surface area contributed by atoms with Gasteiger partial charge in [0, 0.05) is 19.0 Å². The van der Waals surface area contributed by atoms with Crippen molar-refractivity contribution >= 4 is 11.8 Å². The summed E-state index contributed by atoms with van der Waals surface area (Å²) < 4.78 is 0. The van der Waals surface area contributed by atoms with Crippen LogP contribution >= 0.6 is 0 Å². The Labute approximate surface area is 154 Å². The number of carbonyl (C=O) groups excluding carboxylic acids is 2. The van der Waals surface area contributed by atoms with Crippen molar-refractivity contribution in [2.75, 3.05) is 13.1 Å². The SMILES string of the molecule is CC(C(=O)N1C[C@@H]2C[C@H]1CN2C(=O)C1(c2ccc(O)cc2)CC1)C1CC1. The van der Waals surface area contributed by atoms with Crippen molar-refractivity contribution in [3.63, 3.8) is 0 Å². The fourth-order valence-electron chi connectivity index (χ4n) is 5.05. The number of fused-ring (bicyclic) bond motifs is 2. The number of phenols is 1. The highest BCUT2D eigenvalue weighted by molar-refractivity contribution is 5.92. The van der Waals surface area contributed by atoms with Gasteiger partial charge in [-0.25, -0.2) is 0 Å². The van der Waals surface area contributed by atoms with Gasteiger partial charge in [-0.05, 0) is 55.7 Å². The van der Waals surface area contributed by atoms with E-state index in [1.165, 1.54) is 12.8 Å². The van der Waals surface area contributed by atoms with Gasteiger partial charge in [-0.2, -0.15) is 0 Å². The minimum Gasteiger partial charge on any atom is -0.508 e. The largest absolute Gasteiger partial charge is 0.508 e. The van der Waals surface area contributed by atoms with Gasteiger partial charge < -0.3 is 14.9 Å². The van der Waals surface area contributed by atoms with Crippen LogP contribution in [0.3, 0.4) is 0 Å². The molecule has 1 aromatic rings. The summed E-state index contributed by atoms with van der Waals surface area (Å²) in [5.74, 6) is 1.48. The smallest absolute Gasteiger partial charge is 0.233 e. The number of likely N-dealkylation sites (tertiary alicyclic amines) is 2. The molecule has 1 N–H and O–H groups in total. The lowest BCUT2D eigenvalue weighted by Gasteiger charge is -2.37. The molecule has 2 aliphatic heterocycles. The van der Waals surface area contributed by atoms with Crippen LogP contribution in [-0.4, -0.2) is 51.9 Å². The highest BCUT2D eigenvalue weighted by atomic mass is 16.3. The maximum absolute atomic E-state index is 13.3. The number of benzene rings is 1. The first-order valence-electron chi connectivity index (χ1n) is 9.91. The van der Waals surface area contributed by atoms with Crippen molar-refractivity contribution in [1.82, 2.24) is 9.80 Å². The molecule has 2 aliphatic carbocycles. The van der Waals surface area contributed by atoms with Gasteiger partial charge in [-0.15, -0.1) is 0 Å². The minimum absolute atomic E-state index is 0.144. The molecule has 0 spiro atoms. The number of aromatic hydroxyl groups is 1. The highest BCUT2D eigenvalue weighted by Gasteiger charge is 2.57. The van der Waals surface area contributed by atoms with Gasteiger partial charge in [-0.3, -0.25) is 9.59 Å². The number of amides is 2. The van der Waals surface area contributed by atoms with E-state index in [2.05, 4.69) is 11.8 Å². The summed E-state index contributed by atoms with van der Waals surface area (Å²) in [7, 11) is 0. The first-order chi connectivity index (χ1) is 12.5. The quantitative estimate of drug-likeness (QED) is 0.902. The Morgan fingerprint density at radius 2 is 1.69 bits per heavy atom. The second-order valence-corrected chi connectivity index (χ2v) is 8.75. The number of hydrogen-bond donors (Lipinski definition) is 1. The fraction of sp³-hybridized carbons (Fsp3) is 0.619. The fourth-order valence-corrected chi connectivity index (χ4v) is 5.05. The van der Waals surface area contributed by atoms with Crippen molar-refractivity contribution < 1.29 is 14.7 Å². The van der Waals surface area contributed by atoms with Crippen molar-refractivity contribution in [2.24, 2.45) is 11.8 Å². The summed E-state index contributed by atoms with van der Waals surface area (Å²) in [5, 5.41) is 9.52. The van der Waals surface area contributed by atoms with E-state index >= 15 is 0 Å². The van der Waals surface area contributed by atoms with E-state index in [1.807, 2.05) is 17.0 Å². The van der Waals surface area contributed by atoms with Gasteiger partial charge in [0.25, 0.3) is 0 Å². The van der Waals surface area contributed by atoms with Gasteiger partial charge in [0.15, 0.2) is 0 Å². The molecule has 1 unspecified atom stereocenters. The van der Waals surface area contributed by atoms with E-state index in [-0.39, 0.29) is 29.7 Å². The molecule has 26 heavy (non-hydrogen) atoms. The molecule has 4 fully saturated rings. The molecule has 2 saturated heterocycles. The number of phenolic OH excluding ortho intramolecular Hbond substituents is 1. The maximum Gasteiger partial charge on any atom is 0.233 e. The summed E-state index contributed by atoms with van der Waals surface area (Å²) in [4.78, 5) is 30.1. The van der Waals surface area contributed by atoms with E-state index < -0.39 is 5.41 Å². The van der Waals surface area contributed by atoms with E-state index in [9.17, 15) is 14.7 Å². The van der Waals surface area contributed by atoms with Crippen LogP contribution in [0, 0.1) is 11.8 Å². The van der Waals surface area contributed by atoms with Gasteiger partial charge in [0.2, 0.25) is 11.8 Å². The van der Waals surface area contributed by atoms with E-state index in [0.717, 1.165) is 24.8 Å². The second-order valence-electron chi connectivity index (χ2n) is 8.75. The molecule has 5 nitrogen and oxygen atoms in total. The normalized spacial score (nSPS) is 29.7. The monoisotopic (exact) mass is 354 g/mol. The Morgan fingerprint density at radius 3 is 2.23 bits per heavy atom. The van der Waals surface area contributed by atoms with E-state index in [0.29, 0.717) is 24.9 Å². The zero-order valence-electron chi connectivity index (χ0n) is 15.2. The summed E-state index contributed by atoms with van der Waals surface area (Å²) >= 11 is 0. The molecule has 4 aliphatic rings. The number of carbonyl (C=O) groups is 2. The van der Waals surface area contributed by atoms with E-state index in [4.69, 9.17) is 0 Å².